The van der Waals surface area contributed by atoms with Crippen LogP contribution < -0.4 is 44.9 Å². The summed E-state index contributed by atoms with van der Waals surface area (Å²) in [5, 5.41) is 17.1. The van der Waals surface area contributed by atoms with Crippen LogP contribution in [0.5, 0.6) is 17.4 Å². The number of halogens is 1. The zero-order valence-corrected chi connectivity index (χ0v) is 36.4. The second-order valence-electron chi connectivity index (χ2n) is 14.4. The Labute approximate surface area is 376 Å². The predicted molar refractivity (Wildman–Crippen MR) is 235 cm³/mol. The number of phenolic OH excluding ortho intramolecular Hbond substituents is 1. The Bertz CT molecular complexity index is 2780. The number of fused-ring (bicyclic) bond motifs is 4. The monoisotopic (exact) mass is 826 g/mol. The number of rotatable bonds is 6. The Morgan fingerprint density at radius 2 is 1.13 bits per heavy atom. The maximum Gasteiger partial charge on any atom is 1.00 e. The second-order valence-corrected chi connectivity index (χ2v) is 14.8. The number of aromatic nitrogens is 4. The molecule has 0 aliphatic carbocycles. The number of amides is 2. The van der Waals surface area contributed by atoms with E-state index in [0.717, 1.165) is 85.4 Å². The predicted octanol–water partition coefficient (Wildman–Crippen LogP) is 7.89. The summed E-state index contributed by atoms with van der Waals surface area (Å²) >= 11 is 6.06. The van der Waals surface area contributed by atoms with Crippen molar-refractivity contribution in [3.05, 3.63) is 161 Å². The van der Waals surface area contributed by atoms with E-state index in [4.69, 9.17) is 26.4 Å². The smallest absolute Gasteiger partial charge is 1.00 e. The van der Waals surface area contributed by atoms with Crippen molar-refractivity contribution in [1.82, 2.24) is 30.6 Å². The molecule has 2 amide bonds. The fourth-order valence-electron chi connectivity index (χ4n) is 7.56. The van der Waals surface area contributed by atoms with Crippen LogP contribution in [0.4, 0.5) is 0 Å². The Hall–Kier alpha value is -5.91. The molecule has 12 heteroatoms. The first-order chi connectivity index (χ1) is 28.8. The van der Waals surface area contributed by atoms with E-state index in [9.17, 15) is 9.59 Å². The van der Waals surface area contributed by atoms with Gasteiger partial charge in [0.1, 0.15) is 16.7 Å². The SMILES string of the molecule is CCC1CNC(=O)c2cc(-c3cccc4ccc(Cl)nc34)[nH]c21.CCC1CNC(=O)c2cc(-c3cccc4ccc(Oc5ccccc5)nc34)[nH]c21.Oc1ccccc1.[H-].[Na+]. The van der Waals surface area contributed by atoms with E-state index in [1.165, 1.54) is 0 Å². The van der Waals surface area contributed by atoms with E-state index in [2.05, 4.69) is 39.4 Å². The van der Waals surface area contributed by atoms with Gasteiger partial charge in [0.25, 0.3) is 11.8 Å². The van der Waals surface area contributed by atoms with Gasteiger partial charge in [-0.25, -0.2) is 9.97 Å². The van der Waals surface area contributed by atoms with Crippen LogP contribution in [0.3, 0.4) is 0 Å². The number of H-pyrrole nitrogens is 2. The third kappa shape index (κ3) is 9.12. The van der Waals surface area contributed by atoms with Crippen molar-refractivity contribution in [3.63, 3.8) is 0 Å². The van der Waals surface area contributed by atoms with Crippen LogP contribution >= 0.6 is 11.6 Å². The zero-order valence-electron chi connectivity index (χ0n) is 34.6. The molecule has 5 N–H and O–H groups in total. The van der Waals surface area contributed by atoms with Crippen LogP contribution in [0.1, 0.15) is 72.1 Å². The van der Waals surface area contributed by atoms with Crippen molar-refractivity contribution < 1.29 is 50.4 Å². The summed E-state index contributed by atoms with van der Waals surface area (Å²) in [5.41, 5.74) is 8.90. The molecule has 0 spiro atoms. The molecule has 0 radical (unpaired) electrons. The van der Waals surface area contributed by atoms with Crippen molar-refractivity contribution in [2.45, 2.75) is 38.5 Å². The summed E-state index contributed by atoms with van der Waals surface area (Å²) in [5.74, 6) is 2.19. The number of pyridine rings is 2. The summed E-state index contributed by atoms with van der Waals surface area (Å²) in [6.07, 6.45) is 1.95. The van der Waals surface area contributed by atoms with Gasteiger partial charge in [-0.2, -0.15) is 0 Å². The van der Waals surface area contributed by atoms with E-state index in [1.54, 1.807) is 30.3 Å². The van der Waals surface area contributed by atoms with Gasteiger partial charge in [-0.1, -0.05) is 98.2 Å². The first-order valence-electron chi connectivity index (χ1n) is 19.7. The van der Waals surface area contributed by atoms with E-state index >= 15 is 0 Å². The topological polar surface area (TPSA) is 145 Å². The summed E-state index contributed by atoms with van der Waals surface area (Å²) in [6.45, 7) is 5.62. The fraction of sp³-hybridized carbons (Fsp3) is 0.167. The minimum Gasteiger partial charge on any atom is -1.00 e. The van der Waals surface area contributed by atoms with Crippen LogP contribution in [0.2, 0.25) is 5.15 Å². The van der Waals surface area contributed by atoms with Gasteiger partial charge >= 0.3 is 29.6 Å². The van der Waals surface area contributed by atoms with Gasteiger partial charge in [0.2, 0.25) is 5.88 Å². The van der Waals surface area contributed by atoms with Gasteiger partial charge in [0.05, 0.1) is 22.2 Å². The molecule has 2 aliphatic rings. The van der Waals surface area contributed by atoms with Crippen LogP contribution in [0.15, 0.2) is 133 Å². The molecule has 4 aromatic carbocycles. The Balaban J connectivity index is 0.000000174. The van der Waals surface area contributed by atoms with E-state index in [-0.39, 0.29) is 42.8 Å². The molecule has 0 bridgehead atoms. The number of hydrogen-bond acceptors (Lipinski definition) is 6. The summed E-state index contributed by atoms with van der Waals surface area (Å²) < 4.78 is 5.92. The molecule has 0 saturated carbocycles. The first kappa shape index (κ1) is 42.2. The number of aromatic amines is 2. The molecule has 4 aromatic heterocycles. The number of nitrogens with zero attached hydrogens (tertiary/aromatic N) is 2. The third-order valence-electron chi connectivity index (χ3n) is 10.7. The van der Waals surface area contributed by atoms with E-state index < -0.39 is 0 Å². The Kier molecular flexibility index (Phi) is 13.4. The number of carbonyl (C=O) groups excluding carboxylic acids is 2. The largest absolute Gasteiger partial charge is 1.00 e. The number of hydrogen-bond donors (Lipinski definition) is 5. The number of para-hydroxylation sites is 4. The molecule has 10 rings (SSSR count). The van der Waals surface area contributed by atoms with Gasteiger partial charge in [0.15, 0.2) is 0 Å². The van der Waals surface area contributed by atoms with E-state index in [0.29, 0.717) is 41.7 Å². The summed E-state index contributed by atoms with van der Waals surface area (Å²) in [6, 6.07) is 41.9. The quantitative estimate of drug-likeness (QED) is 0.0853. The molecule has 0 fully saturated rings. The zero-order chi connectivity index (χ0) is 40.9. The summed E-state index contributed by atoms with van der Waals surface area (Å²) in [4.78, 5) is 40.7. The molecule has 298 valence electrons. The van der Waals surface area contributed by atoms with Crippen molar-refractivity contribution in [2.24, 2.45) is 0 Å². The van der Waals surface area contributed by atoms with Crippen LogP contribution in [-0.2, 0) is 0 Å². The van der Waals surface area contributed by atoms with Crippen molar-refractivity contribution in [3.8, 4) is 39.9 Å². The maximum absolute atomic E-state index is 12.3. The molecule has 2 atom stereocenters. The Morgan fingerprint density at radius 3 is 1.63 bits per heavy atom. The molecule has 2 aliphatic heterocycles. The van der Waals surface area contributed by atoms with Gasteiger partial charge in [0, 0.05) is 75.7 Å². The minimum atomic E-state index is -0.0199. The molecule has 0 saturated heterocycles. The molecule has 8 aromatic rings. The van der Waals surface area contributed by atoms with Crippen LogP contribution in [-0.4, -0.2) is 49.9 Å². The maximum atomic E-state index is 12.3. The fourth-order valence-corrected chi connectivity index (χ4v) is 7.70. The van der Waals surface area contributed by atoms with Crippen LogP contribution in [0.25, 0.3) is 44.3 Å². The number of benzene rings is 4. The number of phenols is 1. The minimum absolute atomic E-state index is 0. The van der Waals surface area contributed by atoms with Crippen molar-refractivity contribution in [2.75, 3.05) is 13.1 Å². The Morgan fingerprint density at radius 1 is 0.633 bits per heavy atom. The molecular formula is C48H44ClN6NaO4. The van der Waals surface area contributed by atoms with Crippen molar-refractivity contribution >= 4 is 45.2 Å². The van der Waals surface area contributed by atoms with Gasteiger partial charge in [-0.05, 0) is 67.4 Å². The summed E-state index contributed by atoms with van der Waals surface area (Å²) in [7, 11) is 0. The molecular weight excluding hydrogens is 783 g/mol. The number of aromatic hydroxyl groups is 1. The average Bonchev–Trinajstić information content (AvgIpc) is 3.92. The normalized spacial score (nSPS) is 15.2. The molecule has 6 heterocycles. The van der Waals surface area contributed by atoms with Crippen LogP contribution in [0, 0.1) is 0 Å². The first-order valence-corrected chi connectivity index (χ1v) is 20.1. The molecule has 10 nitrogen and oxygen atoms in total. The third-order valence-corrected chi connectivity index (χ3v) is 10.9. The van der Waals surface area contributed by atoms with Gasteiger partial charge in [-0.15, -0.1) is 0 Å². The van der Waals surface area contributed by atoms with E-state index in [1.807, 2.05) is 103 Å². The van der Waals surface area contributed by atoms with Gasteiger partial charge in [-0.3, -0.25) is 9.59 Å². The van der Waals surface area contributed by atoms with Gasteiger partial charge < -0.3 is 31.9 Å². The average molecular weight is 827 g/mol. The standard InChI is InChI=1S/C24H21N3O2.C18H16ClN3O.C6H6O.Na.H/c1-2-15-14-25-24(28)19-13-20(26-22(15)19)18-10-6-7-16-11-12-21(27-23(16)18)29-17-8-4-3-5-9-17;1-2-10-9-20-18(23)13-8-14(21-16(10)13)12-5-3-4-11-6-7-15(19)22-17(11)12;7-6-4-2-1-3-5-6;;/h3-13,15,26H,2,14H2,1H3,(H,25,28);3-8,10,21H,2,9H2,1H3,(H,20,23);1-5,7H;;/q;;;+1;-1. The molecule has 60 heavy (non-hydrogen) atoms. The van der Waals surface area contributed by atoms with Crippen molar-refractivity contribution in [1.29, 1.82) is 0 Å². The molecule has 2 unspecified atom stereocenters. The number of carbonyl (C=O) groups is 2. The number of nitrogens with one attached hydrogen (secondary N) is 4. The number of ether oxygens (including phenoxy) is 1. The second kappa shape index (κ2) is 19.0.